The highest BCUT2D eigenvalue weighted by atomic mass is 16.2. The van der Waals surface area contributed by atoms with Gasteiger partial charge in [0.05, 0.1) is 29.8 Å². The zero-order valence-corrected chi connectivity index (χ0v) is 14.0. The third kappa shape index (κ3) is 2.97. The Hall–Kier alpha value is -2.11. The number of H-pyrrole nitrogens is 1. The third-order valence-corrected chi connectivity index (χ3v) is 5.54. The first kappa shape index (κ1) is 15.4. The Bertz CT molecular complexity index is 671. The van der Waals surface area contributed by atoms with Gasteiger partial charge in [0.25, 0.3) is 5.91 Å². The molecule has 4 rings (SSSR count). The van der Waals surface area contributed by atoms with Crippen LogP contribution in [-0.4, -0.2) is 43.6 Å². The zero-order valence-electron chi connectivity index (χ0n) is 14.0. The van der Waals surface area contributed by atoms with Gasteiger partial charge in [-0.1, -0.05) is 19.3 Å². The Labute approximate surface area is 142 Å². The Morgan fingerprint density at radius 3 is 2.83 bits per heavy atom. The molecular formula is C18H25N5O. The van der Waals surface area contributed by atoms with Crippen molar-refractivity contribution in [2.45, 2.75) is 56.9 Å². The minimum absolute atomic E-state index is 0.133. The smallest absolute Gasteiger partial charge is 0.257 e. The number of carbonyl (C=O) groups excluding carboxylic acids is 1. The summed E-state index contributed by atoms with van der Waals surface area (Å²) >= 11 is 0. The number of aromatic nitrogens is 4. The maximum Gasteiger partial charge on any atom is 0.257 e. The number of likely N-dealkylation sites (tertiary alicyclic amines) is 1. The molecule has 1 saturated carbocycles. The van der Waals surface area contributed by atoms with Crippen molar-refractivity contribution in [2.24, 2.45) is 0 Å². The molecule has 1 aliphatic heterocycles. The standard InChI is InChI=1S/C18H25N5O/c24-18(16-11-20-21-17(16)14-5-2-1-3-6-14)22-9-4-7-15(12-22)23-10-8-19-13-23/h8,10-11,13-15H,1-7,9,12H2,(H,20,21). The highest BCUT2D eigenvalue weighted by Crippen LogP contribution is 2.34. The van der Waals surface area contributed by atoms with E-state index in [1.165, 1.54) is 32.1 Å². The number of aromatic amines is 1. The molecule has 0 bridgehead atoms. The van der Waals surface area contributed by atoms with Gasteiger partial charge >= 0.3 is 0 Å². The lowest BCUT2D eigenvalue weighted by Crippen LogP contribution is -2.40. The molecule has 1 aliphatic carbocycles. The second kappa shape index (κ2) is 6.79. The van der Waals surface area contributed by atoms with E-state index in [0.29, 0.717) is 12.0 Å². The van der Waals surface area contributed by atoms with Gasteiger partial charge in [0, 0.05) is 31.4 Å². The van der Waals surface area contributed by atoms with Crippen molar-refractivity contribution in [1.29, 1.82) is 0 Å². The van der Waals surface area contributed by atoms with Crippen LogP contribution in [0.15, 0.2) is 24.9 Å². The van der Waals surface area contributed by atoms with Gasteiger partial charge in [0.2, 0.25) is 0 Å². The molecule has 2 aromatic heterocycles. The maximum atomic E-state index is 13.1. The van der Waals surface area contributed by atoms with Gasteiger partial charge in [-0.3, -0.25) is 9.89 Å². The predicted molar refractivity (Wildman–Crippen MR) is 90.8 cm³/mol. The quantitative estimate of drug-likeness (QED) is 0.942. The number of carbonyl (C=O) groups is 1. The highest BCUT2D eigenvalue weighted by molar-refractivity contribution is 5.95. The van der Waals surface area contributed by atoms with Crippen LogP contribution >= 0.6 is 0 Å². The molecule has 24 heavy (non-hydrogen) atoms. The summed E-state index contributed by atoms with van der Waals surface area (Å²) in [5, 5.41) is 7.32. The molecule has 128 valence electrons. The Kier molecular flexibility index (Phi) is 4.36. The lowest BCUT2D eigenvalue weighted by atomic mass is 9.85. The lowest BCUT2D eigenvalue weighted by molar-refractivity contribution is 0.0677. The predicted octanol–water partition coefficient (Wildman–Crippen LogP) is 3.13. The molecule has 0 spiro atoms. The van der Waals surface area contributed by atoms with E-state index in [2.05, 4.69) is 19.7 Å². The van der Waals surface area contributed by atoms with Crippen LogP contribution in [0.4, 0.5) is 0 Å². The van der Waals surface area contributed by atoms with Gasteiger partial charge in [-0.2, -0.15) is 5.10 Å². The molecule has 1 N–H and O–H groups in total. The average Bonchev–Trinajstić information content (AvgIpc) is 3.34. The molecule has 6 nitrogen and oxygen atoms in total. The van der Waals surface area contributed by atoms with Crippen molar-refractivity contribution in [3.63, 3.8) is 0 Å². The molecule has 6 heteroatoms. The summed E-state index contributed by atoms with van der Waals surface area (Å²) in [6.07, 6.45) is 15.7. The van der Waals surface area contributed by atoms with Crippen LogP contribution in [0.1, 0.15) is 73.0 Å². The van der Waals surface area contributed by atoms with Crippen molar-refractivity contribution in [3.8, 4) is 0 Å². The summed E-state index contributed by atoms with van der Waals surface area (Å²) in [4.78, 5) is 19.2. The number of amides is 1. The average molecular weight is 327 g/mol. The fourth-order valence-corrected chi connectivity index (χ4v) is 4.21. The summed E-state index contributed by atoms with van der Waals surface area (Å²) in [5.41, 5.74) is 1.85. The van der Waals surface area contributed by atoms with E-state index in [-0.39, 0.29) is 5.91 Å². The van der Waals surface area contributed by atoms with Gasteiger partial charge < -0.3 is 9.47 Å². The number of rotatable bonds is 3. The molecule has 1 unspecified atom stereocenters. The van der Waals surface area contributed by atoms with Crippen molar-refractivity contribution >= 4 is 5.91 Å². The van der Waals surface area contributed by atoms with Crippen molar-refractivity contribution < 1.29 is 4.79 Å². The second-order valence-corrected chi connectivity index (χ2v) is 7.09. The summed E-state index contributed by atoms with van der Waals surface area (Å²) < 4.78 is 2.12. The van der Waals surface area contributed by atoms with E-state index in [4.69, 9.17) is 0 Å². The molecule has 0 aromatic carbocycles. The molecule has 1 amide bonds. The van der Waals surface area contributed by atoms with Crippen LogP contribution in [-0.2, 0) is 0 Å². The number of imidazole rings is 1. The van der Waals surface area contributed by atoms with Crippen molar-refractivity contribution in [3.05, 3.63) is 36.2 Å². The summed E-state index contributed by atoms with van der Waals surface area (Å²) in [6.45, 7) is 1.59. The first-order valence-corrected chi connectivity index (χ1v) is 9.13. The minimum atomic E-state index is 0.133. The van der Waals surface area contributed by atoms with E-state index < -0.39 is 0 Å². The number of nitrogens with one attached hydrogen (secondary N) is 1. The molecule has 1 saturated heterocycles. The monoisotopic (exact) mass is 327 g/mol. The molecule has 2 fully saturated rings. The minimum Gasteiger partial charge on any atom is -0.336 e. The zero-order chi connectivity index (χ0) is 16.4. The van der Waals surface area contributed by atoms with E-state index in [9.17, 15) is 4.79 Å². The van der Waals surface area contributed by atoms with Crippen molar-refractivity contribution in [2.75, 3.05) is 13.1 Å². The fourth-order valence-electron chi connectivity index (χ4n) is 4.21. The Balaban J connectivity index is 1.50. The van der Waals surface area contributed by atoms with Crippen LogP contribution in [0.3, 0.4) is 0 Å². The first-order valence-electron chi connectivity index (χ1n) is 9.13. The van der Waals surface area contributed by atoms with E-state index >= 15 is 0 Å². The molecule has 3 heterocycles. The fraction of sp³-hybridized carbons (Fsp3) is 0.611. The van der Waals surface area contributed by atoms with Crippen LogP contribution in [0.2, 0.25) is 0 Å². The van der Waals surface area contributed by atoms with E-state index in [0.717, 1.165) is 37.2 Å². The summed E-state index contributed by atoms with van der Waals surface area (Å²) in [5.74, 6) is 0.601. The van der Waals surface area contributed by atoms with Crippen LogP contribution in [0.5, 0.6) is 0 Å². The van der Waals surface area contributed by atoms with Crippen LogP contribution in [0, 0.1) is 0 Å². The van der Waals surface area contributed by atoms with Gasteiger partial charge in [-0.15, -0.1) is 0 Å². The SMILES string of the molecule is O=C(c1cn[nH]c1C1CCCCC1)N1CCCC(n2ccnc2)C1. The van der Waals surface area contributed by atoms with E-state index in [1.807, 2.05) is 17.4 Å². The molecule has 1 atom stereocenters. The summed E-state index contributed by atoms with van der Waals surface area (Å²) in [6, 6.07) is 0.329. The Morgan fingerprint density at radius 2 is 2.04 bits per heavy atom. The number of hydrogen-bond acceptors (Lipinski definition) is 3. The number of nitrogens with zero attached hydrogens (tertiary/aromatic N) is 4. The highest BCUT2D eigenvalue weighted by Gasteiger charge is 2.29. The summed E-state index contributed by atoms with van der Waals surface area (Å²) in [7, 11) is 0. The van der Waals surface area contributed by atoms with Crippen molar-refractivity contribution in [1.82, 2.24) is 24.6 Å². The Morgan fingerprint density at radius 1 is 1.17 bits per heavy atom. The lowest BCUT2D eigenvalue weighted by Gasteiger charge is -2.33. The normalized spacial score (nSPS) is 22.7. The van der Waals surface area contributed by atoms with Crippen LogP contribution < -0.4 is 0 Å². The van der Waals surface area contributed by atoms with Gasteiger partial charge in [0.15, 0.2) is 0 Å². The van der Waals surface area contributed by atoms with E-state index in [1.54, 1.807) is 12.4 Å². The second-order valence-electron chi connectivity index (χ2n) is 7.09. The van der Waals surface area contributed by atoms with Gasteiger partial charge in [-0.05, 0) is 25.7 Å². The molecule has 0 radical (unpaired) electrons. The topological polar surface area (TPSA) is 66.8 Å². The number of hydrogen-bond donors (Lipinski definition) is 1. The van der Waals surface area contributed by atoms with Gasteiger partial charge in [-0.25, -0.2) is 4.98 Å². The molecule has 2 aliphatic rings. The van der Waals surface area contributed by atoms with Crippen LogP contribution in [0.25, 0.3) is 0 Å². The third-order valence-electron chi connectivity index (χ3n) is 5.54. The number of piperidine rings is 1. The first-order chi connectivity index (χ1) is 11.8. The largest absolute Gasteiger partial charge is 0.336 e. The van der Waals surface area contributed by atoms with Gasteiger partial charge in [0.1, 0.15) is 0 Å². The molecular weight excluding hydrogens is 302 g/mol. The molecule has 2 aromatic rings. The maximum absolute atomic E-state index is 13.1.